The van der Waals surface area contributed by atoms with E-state index in [-0.39, 0.29) is 5.91 Å². The number of nitrogens with zero attached hydrogens (tertiary/aromatic N) is 1. The molecule has 0 radical (unpaired) electrons. The summed E-state index contributed by atoms with van der Waals surface area (Å²) in [6, 6.07) is 8.49. The summed E-state index contributed by atoms with van der Waals surface area (Å²) in [5, 5.41) is 3.44. The molecule has 0 spiro atoms. The Morgan fingerprint density at radius 2 is 2.05 bits per heavy atom. The zero-order chi connectivity index (χ0) is 13.8. The van der Waals surface area contributed by atoms with Gasteiger partial charge in [0, 0.05) is 31.2 Å². The molecule has 1 aliphatic heterocycles. The lowest BCUT2D eigenvalue weighted by molar-refractivity contribution is 0.0701. The Labute approximate surface area is 116 Å². The molecule has 3 heteroatoms. The molecule has 0 aliphatic carbocycles. The van der Waals surface area contributed by atoms with Gasteiger partial charge in [0.1, 0.15) is 0 Å². The minimum atomic E-state index is 0.162. The van der Waals surface area contributed by atoms with Crippen molar-refractivity contribution in [3.05, 3.63) is 35.4 Å². The second-order valence-corrected chi connectivity index (χ2v) is 5.59. The van der Waals surface area contributed by atoms with E-state index in [0.29, 0.717) is 12.0 Å². The van der Waals surface area contributed by atoms with Gasteiger partial charge in [0.2, 0.25) is 0 Å². The van der Waals surface area contributed by atoms with Gasteiger partial charge >= 0.3 is 0 Å². The van der Waals surface area contributed by atoms with E-state index >= 15 is 0 Å². The first kappa shape index (κ1) is 14.1. The highest BCUT2D eigenvalue weighted by Crippen LogP contribution is 2.16. The molecule has 1 atom stereocenters. The first-order valence-electron chi connectivity index (χ1n) is 7.24. The Bertz CT molecular complexity index is 425. The van der Waals surface area contributed by atoms with Gasteiger partial charge in [0.15, 0.2) is 0 Å². The third-order valence-corrected chi connectivity index (χ3v) is 3.86. The van der Waals surface area contributed by atoms with Crippen molar-refractivity contribution in [1.29, 1.82) is 0 Å². The van der Waals surface area contributed by atoms with Crippen LogP contribution in [0.25, 0.3) is 0 Å². The number of rotatable bonds is 3. The van der Waals surface area contributed by atoms with Crippen molar-refractivity contribution in [3.63, 3.8) is 0 Å². The number of piperazine rings is 1. The summed E-state index contributed by atoms with van der Waals surface area (Å²) in [5.74, 6) is 0.670. The molecule has 1 aromatic rings. The molecule has 104 valence electrons. The molecule has 1 amide bonds. The van der Waals surface area contributed by atoms with Crippen LogP contribution >= 0.6 is 0 Å². The lowest BCUT2D eigenvalue weighted by Gasteiger charge is -2.33. The second-order valence-electron chi connectivity index (χ2n) is 5.59. The lowest BCUT2D eigenvalue weighted by atomic mass is 10.0. The predicted octanol–water partition coefficient (Wildman–Crippen LogP) is 2.63. The third-order valence-electron chi connectivity index (χ3n) is 3.86. The summed E-state index contributed by atoms with van der Waals surface area (Å²) >= 11 is 0. The van der Waals surface area contributed by atoms with Gasteiger partial charge in [-0.3, -0.25) is 4.79 Å². The molecule has 1 N–H and O–H groups in total. The summed E-state index contributed by atoms with van der Waals surface area (Å²) in [4.78, 5) is 14.4. The van der Waals surface area contributed by atoms with Crippen LogP contribution in [0.1, 0.15) is 49.0 Å². The largest absolute Gasteiger partial charge is 0.336 e. The van der Waals surface area contributed by atoms with Crippen LogP contribution in [0.3, 0.4) is 0 Å². The average Bonchev–Trinajstić information content (AvgIpc) is 2.46. The minimum absolute atomic E-state index is 0.162. The molecule has 0 aromatic heterocycles. The summed E-state index contributed by atoms with van der Waals surface area (Å²) in [5.41, 5.74) is 2.09. The standard InChI is InChI=1S/C16H24N2O/c1-4-15-11-18(10-9-17-15)16(19)14-7-5-13(6-8-14)12(2)3/h5-8,12,15,17H,4,9-11H2,1-3H3. The van der Waals surface area contributed by atoms with Crippen molar-refractivity contribution >= 4 is 5.91 Å². The molecule has 1 saturated heterocycles. The smallest absolute Gasteiger partial charge is 0.253 e. The molecule has 2 rings (SSSR count). The van der Waals surface area contributed by atoms with E-state index < -0.39 is 0 Å². The van der Waals surface area contributed by atoms with Crippen LogP contribution in [-0.4, -0.2) is 36.5 Å². The molecular formula is C16H24N2O. The summed E-state index contributed by atoms with van der Waals surface area (Å²) in [6.45, 7) is 9.01. The lowest BCUT2D eigenvalue weighted by Crippen LogP contribution is -2.52. The van der Waals surface area contributed by atoms with Crippen LogP contribution in [0, 0.1) is 0 Å². The maximum atomic E-state index is 12.4. The van der Waals surface area contributed by atoms with E-state index in [4.69, 9.17) is 0 Å². The monoisotopic (exact) mass is 260 g/mol. The average molecular weight is 260 g/mol. The van der Waals surface area contributed by atoms with Crippen LogP contribution in [-0.2, 0) is 0 Å². The Kier molecular flexibility index (Phi) is 4.59. The first-order chi connectivity index (χ1) is 9.11. The van der Waals surface area contributed by atoms with E-state index in [1.807, 2.05) is 17.0 Å². The van der Waals surface area contributed by atoms with Crippen molar-refractivity contribution in [3.8, 4) is 0 Å². The number of nitrogens with one attached hydrogen (secondary N) is 1. The van der Waals surface area contributed by atoms with Gasteiger partial charge in [-0.15, -0.1) is 0 Å². The van der Waals surface area contributed by atoms with Crippen molar-refractivity contribution in [1.82, 2.24) is 10.2 Å². The van der Waals surface area contributed by atoms with Gasteiger partial charge in [-0.05, 0) is 30.0 Å². The quantitative estimate of drug-likeness (QED) is 0.906. The van der Waals surface area contributed by atoms with Crippen LogP contribution in [0.5, 0.6) is 0 Å². The first-order valence-corrected chi connectivity index (χ1v) is 7.24. The second kappa shape index (κ2) is 6.20. The molecule has 3 nitrogen and oxygen atoms in total. The van der Waals surface area contributed by atoms with E-state index in [0.717, 1.165) is 31.6 Å². The predicted molar refractivity (Wildman–Crippen MR) is 78.5 cm³/mol. The zero-order valence-electron chi connectivity index (χ0n) is 12.1. The molecule has 1 unspecified atom stereocenters. The summed E-state index contributed by atoms with van der Waals surface area (Å²) in [6.07, 6.45) is 1.07. The normalized spacial score (nSPS) is 19.8. The van der Waals surface area contributed by atoms with Gasteiger partial charge in [0.25, 0.3) is 5.91 Å². The fourth-order valence-electron chi connectivity index (χ4n) is 2.48. The van der Waals surface area contributed by atoms with Gasteiger partial charge in [-0.2, -0.15) is 0 Å². The molecule has 1 fully saturated rings. The Balaban J connectivity index is 2.06. The van der Waals surface area contributed by atoms with Crippen molar-refractivity contribution in [2.24, 2.45) is 0 Å². The Morgan fingerprint density at radius 1 is 1.37 bits per heavy atom. The van der Waals surface area contributed by atoms with Crippen LogP contribution < -0.4 is 5.32 Å². The van der Waals surface area contributed by atoms with Crippen LogP contribution in [0.15, 0.2) is 24.3 Å². The molecule has 1 aromatic carbocycles. The van der Waals surface area contributed by atoms with Gasteiger partial charge in [0.05, 0.1) is 0 Å². The van der Waals surface area contributed by atoms with Gasteiger partial charge < -0.3 is 10.2 Å². The fourth-order valence-corrected chi connectivity index (χ4v) is 2.48. The third kappa shape index (κ3) is 3.35. The molecular weight excluding hydrogens is 236 g/mol. The zero-order valence-corrected chi connectivity index (χ0v) is 12.1. The topological polar surface area (TPSA) is 32.3 Å². The Hall–Kier alpha value is -1.35. The molecule has 19 heavy (non-hydrogen) atoms. The highest BCUT2D eigenvalue weighted by molar-refractivity contribution is 5.94. The summed E-state index contributed by atoms with van der Waals surface area (Å²) < 4.78 is 0. The van der Waals surface area contributed by atoms with Crippen molar-refractivity contribution in [2.75, 3.05) is 19.6 Å². The maximum Gasteiger partial charge on any atom is 0.253 e. The number of carbonyl (C=O) groups excluding carboxylic acids is 1. The van der Waals surface area contributed by atoms with Crippen LogP contribution in [0.2, 0.25) is 0 Å². The molecule has 0 bridgehead atoms. The number of hydrogen-bond acceptors (Lipinski definition) is 2. The Morgan fingerprint density at radius 3 is 2.63 bits per heavy atom. The number of carbonyl (C=O) groups is 1. The maximum absolute atomic E-state index is 12.4. The molecule has 1 heterocycles. The number of benzene rings is 1. The van der Waals surface area contributed by atoms with E-state index in [1.54, 1.807) is 0 Å². The van der Waals surface area contributed by atoms with Crippen molar-refractivity contribution in [2.45, 2.75) is 39.2 Å². The molecule has 1 aliphatic rings. The minimum Gasteiger partial charge on any atom is -0.336 e. The molecule has 0 saturated carbocycles. The highest BCUT2D eigenvalue weighted by atomic mass is 16.2. The number of amides is 1. The van der Waals surface area contributed by atoms with E-state index in [2.05, 4.69) is 38.2 Å². The van der Waals surface area contributed by atoms with Crippen molar-refractivity contribution < 1.29 is 4.79 Å². The van der Waals surface area contributed by atoms with Crippen LogP contribution in [0.4, 0.5) is 0 Å². The fraction of sp³-hybridized carbons (Fsp3) is 0.562. The highest BCUT2D eigenvalue weighted by Gasteiger charge is 2.22. The van der Waals surface area contributed by atoms with Gasteiger partial charge in [-0.25, -0.2) is 0 Å². The number of hydrogen-bond donors (Lipinski definition) is 1. The van der Waals surface area contributed by atoms with Gasteiger partial charge in [-0.1, -0.05) is 32.9 Å². The van der Waals surface area contributed by atoms with E-state index in [1.165, 1.54) is 5.56 Å². The SMILES string of the molecule is CCC1CN(C(=O)c2ccc(C(C)C)cc2)CCN1. The van der Waals surface area contributed by atoms with E-state index in [9.17, 15) is 4.79 Å². The summed E-state index contributed by atoms with van der Waals surface area (Å²) in [7, 11) is 0.